The van der Waals surface area contributed by atoms with Gasteiger partial charge in [0.05, 0.1) is 6.61 Å². The maximum absolute atomic E-state index is 12.0. The van der Waals surface area contributed by atoms with Crippen molar-refractivity contribution >= 4 is 11.8 Å². The van der Waals surface area contributed by atoms with Crippen molar-refractivity contribution in [3.63, 3.8) is 0 Å². The largest absolute Gasteiger partial charge is 0.381 e. The van der Waals surface area contributed by atoms with E-state index in [0.717, 1.165) is 13.0 Å². The number of likely N-dealkylation sites (N-methyl/N-ethyl adjacent to an activating group) is 1. The molecule has 18 heavy (non-hydrogen) atoms. The van der Waals surface area contributed by atoms with Crippen LogP contribution in [0.3, 0.4) is 0 Å². The first-order valence-corrected chi connectivity index (χ1v) is 6.66. The minimum Gasteiger partial charge on any atom is -0.381 e. The molecule has 2 aliphatic heterocycles. The zero-order valence-corrected chi connectivity index (χ0v) is 11.3. The summed E-state index contributed by atoms with van der Waals surface area (Å²) in [5.41, 5.74) is 0. The fourth-order valence-corrected chi connectivity index (χ4v) is 2.75. The highest BCUT2D eigenvalue weighted by Crippen LogP contribution is 2.27. The average molecular weight is 254 g/mol. The van der Waals surface area contributed by atoms with Crippen LogP contribution >= 0.6 is 0 Å². The molecular formula is C13H22N2O3. The van der Waals surface area contributed by atoms with Gasteiger partial charge in [0.2, 0.25) is 11.8 Å². The Morgan fingerprint density at radius 3 is 2.39 bits per heavy atom. The first-order valence-electron chi connectivity index (χ1n) is 6.66. The lowest BCUT2D eigenvalue weighted by Gasteiger charge is -2.26. The number of amides is 2. The molecule has 0 saturated carbocycles. The number of carbonyl (C=O) groups is 2. The summed E-state index contributed by atoms with van der Waals surface area (Å²) in [6.07, 6.45) is 0.993. The van der Waals surface area contributed by atoms with E-state index in [-0.39, 0.29) is 29.7 Å². The Balaban J connectivity index is 2.03. The normalized spacial score (nSPS) is 34.4. The Morgan fingerprint density at radius 2 is 1.94 bits per heavy atom. The molecule has 0 radical (unpaired) electrons. The molecule has 0 bridgehead atoms. The molecule has 2 amide bonds. The van der Waals surface area contributed by atoms with E-state index in [0.29, 0.717) is 19.1 Å². The number of nitrogens with zero attached hydrogens (tertiary/aromatic N) is 1. The molecule has 2 heterocycles. The summed E-state index contributed by atoms with van der Waals surface area (Å²) < 4.78 is 5.37. The fraction of sp³-hybridized carbons (Fsp3) is 0.846. The number of likely N-dealkylation sites (tertiary alicyclic amines) is 1. The van der Waals surface area contributed by atoms with Crippen molar-refractivity contribution in [2.75, 3.05) is 26.8 Å². The van der Waals surface area contributed by atoms with Gasteiger partial charge in [0.1, 0.15) is 0 Å². The highest BCUT2D eigenvalue weighted by atomic mass is 16.5. The van der Waals surface area contributed by atoms with E-state index in [1.807, 2.05) is 20.9 Å². The summed E-state index contributed by atoms with van der Waals surface area (Å²) >= 11 is 0. The van der Waals surface area contributed by atoms with E-state index in [1.54, 1.807) is 0 Å². The molecular weight excluding hydrogens is 232 g/mol. The van der Waals surface area contributed by atoms with E-state index in [1.165, 1.54) is 4.90 Å². The van der Waals surface area contributed by atoms with E-state index in [4.69, 9.17) is 4.74 Å². The third-order valence-electron chi connectivity index (χ3n) is 4.35. The van der Waals surface area contributed by atoms with Crippen molar-refractivity contribution in [2.24, 2.45) is 17.8 Å². The monoisotopic (exact) mass is 254 g/mol. The summed E-state index contributed by atoms with van der Waals surface area (Å²) in [5.74, 6) is -0.0511. The fourth-order valence-electron chi connectivity index (χ4n) is 2.75. The maximum Gasteiger partial charge on any atom is 0.232 e. The molecule has 2 saturated heterocycles. The van der Waals surface area contributed by atoms with E-state index in [2.05, 4.69) is 5.32 Å². The Kier molecular flexibility index (Phi) is 4.02. The number of rotatable bonds is 4. The zero-order valence-electron chi connectivity index (χ0n) is 11.3. The van der Waals surface area contributed by atoms with Crippen molar-refractivity contribution in [3.05, 3.63) is 0 Å². The summed E-state index contributed by atoms with van der Waals surface area (Å²) in [6, 6.07) is 0.137. The first-order chi connectivity index (χ1) is 8.56. The number of carbonyl (C=O) groups excluding carboxylic acids is 2. The van der Waals surface area contributed by atoms with Crippen LogP contribution in [0.1, 0.15) is 20.3 Å². The van der Waals surface area contributed by atoms with Gasteiger partial charge in [0.25, 0.3) is 0 Å². The third-order valence-corrected chi connectivity index (χ3v) is 4.35. The van der Waals surface area contributed by atoms with Gasteiger partial charge in [-0.05, 0) is 13.5 Å². The molecule has 0 aliphatic carbocycles. The second-order valence-electron chi connectivity index (χ2n) is 5.38. The molecule has 0 aromatic rings. The Hall–Kier alpha value is -0.940. The lowest BCUT2D eigenvalue weighted by molar-refractivity contribution is -0.140. The van der Waals surface area contributed by atoms with Crippen LogP contribution in [-0.2, 0) is 14.3 Å². The zero-order chi connectivity index (χ0) is 13.3. The number of hydrogen-bond donors (Lipinski definition) is 1. The molecule has 0 aromatic heterocycles. The predicted octanol–water partition coefficient (Wildman–Crippen LogP) is 0.252. The standard InChI is InChI=1S/C13H22N2O3/c1-8-9(2)13(17)15(12(8)16)6-11(14-3)10-4-5-18-7-10/h8-11,14H,4-7H2,1-3H3. The van der Waals surface area contributed by atoms with Crippen LogP contribution in [0.5, 0.6) is 0 Å². The molecule has 4 unspecified atom stereocenters. The topological polar surface area (TPSA) is 58.6 Å². The third kappa shape index (κ3) is 2.29. The summed E-state index contributed by atoms with van der Waals surface area (Å²) in [5, 5.41) is 3.22. The van der Waals surface area contributed by atoms with Gasteiger partial charge in [-0.15, -0.1) is 0 Å². The maximum atomic E-state index is 12.0. The van der Waals surface area contributed by atoms with Crippen molar-refractivity contribution in [3.8, 4) is 0 Å². The Labute approximate surface area is 108 Å². The summed E-state index contributed by atoms with van der Waals surface area (Å²) in [4.78, 5) is 25.5. The van der Waals surface area contributed by atoms with E-state index < -0.39 is 0 Å². The van der Waals surface area contributed by atoms with Crippen LogP contribution in [0.25, 0.3) is 0 Å². The van der Waals surface area contributed by atoms with Gasteiger partial charge >= 0.3 is 0 Å². The number of hydrogen-bond acceptors (Lipinski definition) is 4. The highest BCUT2D eigenvalue weighted by Gasteiger charge is 2.43. The van der Waals surface area contributed by atoms with Crippen molar-refractivity contribution in [2.45, 2.75) is 26.3 Å². The van der Waals surface area contributed by atoms with Crippen LogP contribution in [0, 0.1) is 17.8 Å². The second kappa shape index (κ2) is 5.36. The Bertz CT molecular complexity index is 319. The SMILES string of the molecule is CNC(CN1C(=O)C(C)C(C)C1=O)C1CCOC1. The molecule has 1 N–H and O–H groups in total. The van der Waals surface area contributed by atoms with Crippen molar-refractivity contribution < 1.29 is 14.3 Å². The van der Waals surface area contributed by atoms with Crippen LogP contribution in [0.2, 0.25) is 0 Å². The van der Waals surface area contributed by atoms with Gasteiger partial charge in [0, 0.05) is 36.9 Å². The lowest BCUT2D eigenvalue weighted by Crippen LogP contribution is -2.46. The minimum absolute atomic E-state index is 0.0355. The predicted molar refractivity (Wildman–Crippen MR) is 66.8 cm³/mol. The smallest absolute Gasteiger partial charge is 0.232 e. The van der Waals surface area contributed by atoms with Crippen molar-refractivity contribution in [1.82, 2.24) is 10.2 Å². The van der Waals surface area contributed by atoms with Crippen LogP contribution in [0.4, 0.5) is 0 Å². The van der Waals surface area contributed by atoms with Gasteiger partial charge in [0.15, 0.2) is 0 Å². The van der Waals surface area contributed by atoms with E-state index in [9.17, 15) is 9.59 Å². The summed E-state index contributed by atoms with van der Waals surface area (Å²) in [6.45, 7) is 5.62. The molecule has 5 nitrogen and oxygen atoms in total. The van der Waals surface area contributed by atoms with Crippen LogP contribution < -0.4 is 5.32 Å². The molecule has 2 fully saturated rings. The lowest BCUT2D eigenvalue weighted by atomic mass is 9.98. The van der Waals surface area contributed by atoms with Crippen LogP contribution in [0.15, 0.2) is 0 Å². The van der Waals surface area contributed by atoms with Gasteiger partial charge in [-0.2, -0.15) is 0 Å². The number of imide groups is 1. The molecule has 5 heteroatoms. The van der Waals surface area contributed by atoms with Crippen molar-refractivity contribution in [1.29, 1.82) is 0 Å². The van der Waals surface area contributed by atoms with Gasteiger partial charge in [-0.1, -0.05) is 13.8 Å². The second-order valence-corrected chi connectivity index (χ2v) is 5.38. The molecule has 102 valence electrons. The van der Waals surface area contributed by atoms with Gasteiger partial charge in [-0.3, -0.25) is 14.5 Å². The van der Waals surface area contributed by atoms with Gasteiger partial charge < -0.3 is 10.1 Å². The average Bonchev–Trinajstić information content (AvgIpc) is 2.95. The van der Waals surface area contributed by atoms with E-state index >= 15 is 0 Å². The molecule has 2 rings (SSSR count). The van der Waals surface area contributed by atoms with Gasteiger partial charge in [-0.25, -0.2) is 0 Å². The molecule has 0 aromatic carbocycles. The summed E-state index contributed by atoms with van der Waals surface area (Å²) in [7, 11) is 1.88. The number of nitrogens with one attached hydrogen (secondary N) is 1. The highest BCUT2D eigenvalue weighted by molar-refractivity contribution is 6.04. The Morgan fingerprint density at radius 1 is 1.33 bits per heavy atom. The quantitative estimate of drug-likeness (QED) is 0.731. The number of ether oxygens (including phenoxy) is 1. The van der Waals surface area contributed by atoms with Crippen LogP contribution in [-0.4, -0.2) is 49.6 Å². The molecule has 4 atom stereocenters. The molecule has 0 spiro atoms. The molecule has 2 aliphatic rings. The minimum atomic E-state index is -0.185. The first kappa shape index (κ1) is 13.5.